The molecule has 0 aromatic heterocycles. The topological polar surface area (TPSA) is 17.1 Å². The molecular formula is C11H8O. The maximum atomic E-state index is 10.3. The Morgan fingerprint density at radius 2 is 1.92 bits per heavy atom. The van der Waals surface area contributed by atoms with Crippen molar-refractivity contribution >= 4 is 17.9 Å². The highest BCUT2D eigenvalue weighted by Crippen LogP contribution is 2.27. The first-order valence-electron chi connectivity index (χ1n) is 3.85. The third kappa shape index (κ3) is 0.996. The lowest BCUT2D eigenvalue weighted by molar-refractivity contribution is -0.104. The molecule has 1 aromatic carbocycles. The molecule has 58 valence electrons. The van der Waals surface area contributed by atoms with Gasteiger partial charge in [-0.25, -0.2) is 0 Å². The van der Waals surface area contributed by atoms with Crippen LogP contribution in [0.3, 0.4) is 0 Å². The molecule has 1 aliphatic rings. The molecule has 0 unspecified atom stereocenters. The van der Waals surface area contributed by atoms with Gasteiger partial charge in [-0.3, -0.25) is 4.79 Å². The summed E-state index contributed by atoms with van der Waals surface area (Å²) in [5.74, 6) is 0. The smallest absolute Gasteiger partial charge is 0.143 e. The van der Waals surface area contributed by atoms with Crippen LogP contribution in [0.2, 0.25) is 0 Å². The van der Waals surface area contributed by atoms with Gasteiger partial charge >= 0.3 is 0 Å². The molecule has 1 aromatic rings. The summed E-state index contributed by atoms with van der Waals surface area (Å²) in [6.07, 6.45) is 6.38. The molecule has 1 heteroatoms. The average molecular weight is 156 g/mol. The molecule has 0 N–H and O–H groups in total. The number of aldehydes is 1. The quantitative estimate of drug-likeness (QED) is 0.450. The number of allylic oxidation sites excluding steroid dienone is 3. The largest absolute Gasteiger partial charge is 0.299 e. The lowest BCUT2D eigenvalue weighted by Crippen LogP contribution is -1.79. The average Bonchev–Trinajstić information content (AvgIpc) is 2.50. The van der Waals surface area contributed by atoms with Crippen molar-refractivity contribution in [3.05, 3.63) is 47.5 Å². The highest BCUT2D eigenvalue weighted by atomic mass is 16.1. The predicted molar refractivity (Wildman–Crippen MR) is 49.5 cm³/mol. The van der Waals surface area contributed by atoms with Crippen LogP contribution < -0.4 is 0 Å². The molecular weight excluding hydrogens is 148 g/mol. The van der Waals surface area contributed by atoms with Gasteiger partial charge in [0.05, 0.1) is 0 Å². The van der Waals surface area contributed by atoms with Crippen LogP contribution in [0.15, 0.2) is 36.4 Å². The molecule has 0 saturated carbocycles. The minimum absolute atomic E-state index is 0.821. The zero-order valence-electron chi connectivity index (χ0n) is 6.53. The SMILES string of the molecule is O=C/C=C1\C=Cc2ccccc21. The molecule has 0 atom stereocenters. The van der Waals surface area contributed by atoms with Crippen LogP contribution in [0, 0.1) is 0 Å². The van der Waals surface area contributed by atoms with E-state index in [4.69, 9.17) is 0 Å². The molecule has 2 rings (SSSR count). The van der Waals surface area contributed by atoms with Crippen LogP contribution in [-0.4, -0.2) is 6.29 Å². The van der Waals surface area contributed by atoms with E-state index in [1.54, 1.807) is 6.08 Å². The number of hydrogen-bond donors (Lipinski definition) is 0. The third-order valence-electron chi connectivity index (χ3n) is 1.96. The van der Waals surface area contributed by atoms with Crippen LogP contribution >= 0.6 is 0 Å². The Hall–Kier alpha value is -1.63. The Labute approximate surface area is 71.0 Å². The van der Waals surface area contributed by atoms with E-state index in [-0.39, 0.29) is 0 Å². The second-order valence-electron chi connectivity index (χ2n) is 2.68. The first-order valence-corrected chi connectivity index (χ1v) is 3.85. The summed E-state index contributed by atoms with van der Waals surface area (Å²) in [7, 11) is 0. The van der Waals surface area contributed by atoms with Crippen molar-refractivity contribution < 1.29 is 4.79 Å². The van der Waals surface area contributed by atoms with Gasteiger partial charge in [0.15, 0.2) is 0 Å². The standard InChI is InChI=1S/C11H8O/c12-8-7-10-6-5-9-3-1-2-4-11(9)10/h1-8H/b10-7+. The van der Waals surface area contributed by atoms with Crippen molar-refractivity contribution in [2.75, 3.05) is 0 Å². The van der Waals surface area contributed by atoms with Gasteiger partial charge in [-0.1, -0.05) is 36.4 Å². The minimum atomic E-state index is 0.821. The van der Waals surface area contributed by atoms with Crippen molar-refractivity contribution in [3.63, 3.8) is 0 Å². The first kappa shape index (κ1) is 7.04. The highest BCUT2D eigenvalue weighted by Gasteiger charge is 2.07. The summed E-state index contributed by atoms with van der Waals surface area (Å²) < 4.78 is 0. The second-order valence-corrected chi connectivity index (χ2v) is 2.68. The molecule has 0 aliphatic heterocycles. The molecule has 1 aliphatic carbocycles. The number of fused-ring (bicyclic) bond motifs is 1. The highest BCUT2D eigenvalue weighted by molar-refractivity contribution is 5.95. The Bertz CT molecular complexity index is 372. The van der Waals surface area contributed by atoms with Crippen LogP contribution in [0.25, 0.3) is 11.6 Å². The number of hydrogen-bond acceptors (Lipinski definition) is 1. The predicted octanol–water partition coefficient (Wildman–Crippen LogP) is 2.30. The fourth-order valence-corrected chi connectivity index (χ4v) is 1.39. The van der Waals surface area contributed by atoms with Crippen molar-refractivity contribution in [3.8, 4) is 0 Å². The van der Waals surface area contributed by atoms with Crippen LogP contribution in [0.1, 0.15) is 11.1 Å². The molecule has 0 fully saturated rings. The van der Waals surface area contributed by atoms with E-state index in [0.29, 0.717) is 0 Å². The summed E-state index contributed by atoms with van der Waals surface area (Å²) >= 11 is 0. The summed E-state index contributed by atoms with van der Waals surface area (Å²) in [5, 5.41) is 0. The van der Waals surface area contributed by atoms with Crippen molar-refractivity contribution in [1.82, 2.24) is 0 Å². The zero-order valence-corrected chi connectivity index (χ0v) is 6.53. The molecule has 0 spiro atoms. The molecule has 0 heterocycles. The Kier molecular flexibility index (Phi) is 1.63. The van der Waals surface area contributed by atoms with Gasteiger partial charge < -0.3 is 0 Å². The Balaban J connectivity index is 2.56. The van der Waals surface area contributed by atoms with E-state index in [2.05, 4.69) is 0 Å². The van der Waals surface area contributed by atoms with Crippen LogP contribution in [0.5, 0.6) is 0 Å². The molecule has 0 amide bonds. The van der Waals surface area contributed by atoms with Gasteiger partial charge in [-0.2, -0.15) is 0 Å². The van der Waals surface area contributed by atoms with Crippen LogP contribution in [-0.2, 0) is 4.79 Å². The maximum Gasteiger partial charge on any atom is 0.143 e. The van der Waals surface area contributed by atoms with E-state index >= 15 is 0 Å². The van der Waals surface area contributed by atoms with E-state index in [1.165, 1.54) is 5.56 Å². The fraction of sp³-hybridized carbons (Fsp3) is 0. The van der Waals surface area contributed by atoms with Gasteiger partial charge in [0.1, 0.15) is 6.29 Å². The van der Waals surface area contributed by atoms with Crippen molar-refractivity contribution in [2.24, 2.45) is 0 Å². The van der Waals surface area contributed by atoms with Gasteiger partial charge in [0, 0.05) is 0 Å². The monoisotopic (exact) mass is 156 g/mol. The Morgan fingerprint density at radius 3 is 2.75 bits per heavy atom. The maximum absolute atomic E-state index is 10.3. The third-order valence-corrected chi connectivity index (χ3v) is 1.96. The molecule has 0 saturated heterocycles. The minimum Gasteiger partial charge on any atom is -0.299 e. The molecule has 12 heavy (non-hydrogen) atoms. The van der Waals surface area contributed by atoms with Gasteiger partial charge in [-0.15, -0.1) is 0 Å². The first-order chi connectivity index (χ1) is 5.92. The molecule has 0 bridgehead atoms. The van der Waals surface area contributed by atoms with Gasteiger partial charge in [0.25, 0.3) is 0 Å². The number of rotatable bonds is 1. The van der Waals surface area contributed by atoms with E-state index in [1.807, 2.05) is 36.4 Å². The van der Waals surface area contributed by atoms with Crippen molar-refractivity contribution in [2.45, 2.75) is 0 Å². The fourth-order valence-electron chi connectivity index (χ4n) is 1.39. The number of benzene rings is 1. The second kappa shape index (κ2) is 2.78. The summed E-state index contributed by atoms with van der Waals surface area (Å²) in [4.78, 5) is 10.3. The normalized spacial score (nSPS) is 16.5. The lowest BCUT2D eigenvalue weighted by Gasteiger charge is -1.97. The van der Waals surface area contributed by atoms with Gasteiger partial charge in [0.2, 0.25) is 0 Å². The zero-order chi connectivity index (χ0) is 8.39. The number of carbonyl (C=O) groups is 1. The summed E-state index contributed by atoms with van der Waals surface area (Å²) in [6.45, 7) is 0. The van der Waals surface area contributed by atoms with Crippen molar-refractivity contribution in [1.29, 1.82) is 0 Å². The van der Waals surface area contributed by atoms with Crippen LogP contribution in [0.4, 0.5) is 0 Å². The molecule has 1 nitrogen and oxygen atoms in total. The summed E-state index contributed by atoms with van der Waals surface area (Å²) in [5.41, 5.74) is 3.33. The molecule has 0 radical (unpaired) electrons. The lowest BCUT2D eigenvalue weighted by atomic mass is 10.1. The number of carbonyl (C=O) groups excluding carboxylic acids is 1. The Morgan fingerprint density at radius 1 is 1.08 bits per heavy atom. The van der Waals surface area contributed by atoms with Gasteiger partial charge in [-0.05, 0) is 22.8 Å². The summed E-state index contributed by atoms with van der Waals surface area (Å²) in [6, 6.07) is 8.03. The van der Waals surface area contributed by atoms with E-state index in [0.717, 1.165) is 17.4 Å². The van der Waals surface area contributed by atoms with E-state index < -0.39 is 0 Å². The van der Waals surface area contributed by atoms with E-state index in [9.17, 15) is 4.79 Å².